The lowest BCUT2D eigenvalue weighted by atomic mass is 10.1. The molecule has 0 fully saturated rings. The van der Waals surface area contributed by atoms with Crippen molar-refractivity contribution in [3.63, 3.8) is 0 Å². The summed E-state index contributed by atoms with van der Waals surface area (Å²) < 4.78 is 39.6. The first-order valence-corrected chi connectivity index (χ1v) is 5.76. The predicted octanol–water partition coefficient (Wildman–Crippen LogP) is 2.81. The van der Waals surface area contributed by atoms with Gasteiger partial charge in [0.25, 0.3) is 5.56 Å². The van der Waals surface area contributed by atoms with Crippen LogP contribution in [-0.4, -0.2) is 9.97 Å². The molecular formula is C13H11F3N2O. The van der Waals surface area contributed by atoms with Crippen LogP contribution in [-0.2, 0) is 6.42 Å². The van der Waals surface area contributed by atoms with Gasteiger partial charge in [-0.3, -0.25) is 4.79 Å². The fraction of sp³-hybridized carbons (Fsp3) is 0.231. The van der Waals surface area contributed by atoms with Crippen LogP contribution in [0.5, 0.6) is 0 Å². The Balaban J connectivity index is 2.58. The van der Waals surface area contributed by atoms with Gasteiger partial charge >= 0.3 is 0 Å². The minimum absolute atomic E-state index is 0.0106. The molecule has 100 valence electrons. The Morgan fingerprint density at radius 3 is 2.47 bits per heavy atom. The van der Waals surface area contributed by atoms with E-state index in [1.54, 1.807) is 0 Å². The smallest absolute Gasteiger partial charge is 0.251 e. The monoisotopic (exact) mass is 268 g/mol. The fourth-order valence-electron chi connectivity index (χ4n) is 1.72. The van der Waals surface area contributed by atoms with Crippen LogP contribution in [0.25, 0.3) is 11.3 Å². The lowest BCUT2D eigenvalue weighted by molar-refractivity contribution is 0.496. The first kappa shape index (κ1) is 13.3. The van der Waals surface area contributed by atoms with Crippen LogP contribution < -0.4 is 5.56 Å². The molecule has 0 bridgehead atoms. The quantitative estimate of drug-likeness (QED) is 0.870. The zero-order chi connectivity index (χ0) is 14.0. The minimum atomic E-state index is -1.28. The molecule has 3 nitrogen and oxygen atoms in total. The van der Waals surface area contributed by atoms with Crippen molar-refractivity contribution in [1.29, 1.82) is 0 Å². The second-order valence-electron chi connectivity index (χ2n) is 4.07. The van der Waals surface area contributed by atoms with Crippen LogP contribution in [0.2, 0.25) is 0 Å². The van der Waals surface area contributed by atoms with Crippen molar-refractivity contribution < 1.29 is 13.2 Å². The molecule has 0 aliphatic rings. The van der Waals surface area contributed by atoms with Gasteiger partial charge in [-0.2, -0.15) is 0 Å². The van der Waals surface area contributed by atoms with E-state index in [9.17, 15) is 18.0 Å². The molecule has 19 heavy (non-hydrogen) atoms. The van der Waals surface area contributed by atoms with Crippen LogP contribution in [0.15, 0.2) is 23.0 Å². The maximum absolute atomic E-state index is 13.6. The van der Waals surface area contributed by atoms with Crippen LogP contribution in [0.1, 0.15) is 19.2 Å². The van der Waals surface area contributed by atoms with E-state index in [1.165, 1.54) is 0 Å². The summed E-state index contributed by atoms with van der Waals surface area (Å²) in [5.74, 6) is -3.04. The zero-order valence-electron chi connectivity index (χ0n) is 10.1. The SMILES string of the molecule is CCCc1nc(-c2cc(F)c(F)cc2F)cc(=O)[nH]1. The van der Waals surface area contributed by atoms with Crippen molar-refractivity contribution in [1.82, 2.24) is 9.97 Å². The summed E-state index contributed by atoms with van der Waals surface area (Å²) >= 11 is 0. The predicted molar refractivity (Wildman–Crippen MR) is 64.2 cm³/mol. The van der Waals surface area contributed by atoms with E-state index in [2.05, 4.69) is 9.97 Å². The molecule has 0 aliphatic carbocycles. The summed E-state index contributed by atoms with van der Waals surface area (Å²) in [5, 5.41) is 0. The van der Waals surface area contributed by atoms with Gasteiger partial charge in [0.1, 0.15) is 11.6 Å². The summed E-state index contributed by atoms with van der Waals surface area (Å²) in [6.07, 6.45) is 1.25. The lowest BCUT2D eigenvalue weighted by Gasteiger charge is -2.05. The molecule has 0 spiro atoms. The van der Waals surface area contributed by atoms with Crippen molar-refractivity contribution in [3.05, 3.63) is 51.8 Å². The van der Waals surface area contributed by atoms with Gasteiger partial charge in [0.2, 0.25) is 0 Å². The Kier molecular flexibility index (Phi) is 3.69. The molecule has 0 aliphatic heterocycles. The Morgan fingerprint density at radius 1 is 1.11 bits per heavy atom. The highest BCUT2D eigenvalue weighted by Gasteiger charge is 2.13. The highest BCUT2D eigenvalue weighted by Crippen LogP contribution is 2.22. The van der Waals surface area contributed by atoms with Crippen molar-refractivity contribution in [2.75, 3.05) is 0 Å². The van der Waals surface area contributed by atoms with Gasteiger partial charge in [0.15, 0.2) is 11.6 Å². The van der Waals surface area contributed by atoms with E-state index in [4.69, 9.17) is 0 Å². The maximum atomic E-state index is 13.6. The molecule has 0 saturated carbocycles. The molecule has 6 heteroatoms. The third-order valence-corrected chi connectivity index (χ3v) is 2.56. The number of aryl methyl sites for hydroxylation is 1. The number of aromatic nitrogens is 2. The van der Waals surface area contributed by atoms with Crippen molar-refractivity contribution in [2.45, 2.75) is 19.8 Å². The Bertz CT molecular complexity index is 667. The molecule has 0 radical (unpaired) electrons. The number of aromatic amines is 1. The number of rotatable bonds is 3. The fourth-order valence-corrected chi connectivity index (χ4v) is 1.72. The van der Waals surface area contributed by atoms with E-state index in [-0.39, 0.29) is 11.3 Å². The molecule has 1 aromatic heterocycles. The second kappa shape index (κ2) is 5.26. The lowest BCUT2D eigenvalue weighted by Crippen LogP contribution is -2.11. The number of halogens is 3. The first-order chi connectivity index (χ1) is 9.01. The van der Waals surface area contributed by atoms with Crippen LogP contribution in [0.3, 0.4) is 0 Å². The van der Waals surface area contributed by atoms with E-state index in [1.807, 2.05) is 6.92 Å². The Labute approximate surface area is 107 Å². The molecule has 0 saturated heterocycles. The molecule has 0 amide bonds. The number of benzene rings is 1. The second-order valence-corrected chi connectivity index (χ2v) is 4.07. The molecule has 2 aromatic rings. The van der Waals surface area contributed by atoms with Crippen molar-refractivity contribution >= 4 is 0 Å². The van der Waals surface area contributed by atoms with Gasteiger partial charge in [-0.15, -0.1) is 0 Å². The van der Waals surface area contributed by atoms with Gasteiger partial charge in [0, 0.05) is 24.1 Å². The summed E-state index contributed by atoms with van der Waals surface area (Å²) in [5.41, 5.74) is -0.705. The number of H-pyrrole nitrogens is 1. The minimum Gasteiger partial charge on any atom is -0.311 e. The number of nitrogens with zero attached hydrogens (tertiary/aromatic N) is 1. The highest BCUT2D eigenvalue weighted by atomic mass is 19.2. The highest BCUT2D eigenvalue weighted by molar-refractivity contribution is 5.59. The molecule has 1 N–H and O–H groups in total. The van der Waals surface area contributed by atoms with Crippen LogP contribution in [0, 0.1) is 17.5 Å². The number of hydrogen-bond donors (Lipinski definition) is 1. The van der Waals surface area contributed by atoms with Crippen molar-refractivity contribution in [2.24, 2.45) is 0 Å². The Hall–Kier alpha value is -2.11. The summed E-state index contributed by atoms with van der Waals surface area (Å²) in [4.78, 5) is 18.0. The number of nitrogens with one attached hydrogen (secondary N) is 1. The topological polar surface area (TPSA) is 45.8 Å². The van der Waals surface area contributed by atoms with Gasteiger partial charge < -0.3 is 4.98 Å². The first-order valence-electron chi connectivity index (χ1n) is 5.76. The van der Waals surface area contributed by atoms with Crippen molar-refractivity contribution in [3.8, 4) is 11.3 Å². The van der Waals surface area contributed by atoms with Gasteiger partial charge in [-0.05, 0) is 12.5 Å². The van der Waals surface area contributed by atoms with Crippen LogP contribution >= 0.6 is 0 Å². The third kappa shape index (κ3) is 2.83. The van der Waals surface area contributed by atoms with Gasteiger partial charge in [-0.25, -0.2) is 18.2 Å². The Morgan fingerprint density at radius 2 is 1.79 bits per heavy atom. The molecule has 2 rings (SSSR count). The summed E-state index contributed by atoms with van der Waals surface area (Å²) in [7, 11) is 0. The van der Waals surface area contributed by atoms with E-state index in [0.717, 1.165) is 12.5 Å². The molecule has 1 heterocycles. The molecule has 1 aromatic carbocycles. The maximum Gasteiger partial charge on any atom is 0.251 e. The third-order valence-electron chi connectivity index (χ3n) is 2.56. The van der Waals surface area contributed by atoms with E-state index in [0.29, 0.717) is 24.4 Å². The van der Waals surface area contributed by atoms with E-state index >= 15 is 0 Å². The van der Waals surface area contributed by atoms with Crippen LogP contribution in [0.4, 0.5) is 13.2 Å². The molecular weight excluding hydrogens is 257 g/mol. The van der Waals surface area contributed by atoms with Gasteiger partial charge in [0.05, 0.1) is 5.69 Å². The summed E-state index contributed by atoms with van der Waals surface area (Å²) in [6.45, 7) is 1.89. The normalized spacial score (nSPS) is 10.7. The average molecular weight is 268 g/mol. The average Bonchev–Trinajstić information content (AvgIpc) is 2.33. The molecule has 0 atom stereocenters. The van der Waals surface area contributed by atoms with Gasteiger partial charge in [-0.1, -0.05) is 6.92 Å². The number of hydrogen-bond acceptors (Lipinski definition) is 2. The molecule has 0 unspecified atom stereocenters. The standard InChI is InChI=1S/C13H11F3N2O/c1-2-3-12-17-11(6-13(19)18-12)7-4-9(15)10(16)5-8(7)14/h4-6H,2-3H2,1H3,(H,17,18,19). The van der Waals surface area contributed by atoms with E-state index < -0.39 is 23.0 Å². The zero-order valence-corrected chi connectivity index (χ0v) is 10.1. The largest absolute Gasteiger partial charge is 0.311 e. The summed E-state index contributed by atoms with van der Waals surface area (Å²) in [6, 6.07) is 2.18.